The molecule has 1 N–H and O–H groups in total. The van der Waals surface area contributed by atoms with Crippen LogP contribution in [0.4, 0.5) is 0 Å². The predicted octanol–water partition coefficient (Wildman–Crippen LogP) is 4.76. The van der Waals surface area contributed by atoms with Crippen molar-refractivity contribution in [2.75, 3.05) is 0 Å². The molecule has 0 fully saturated rings. The number of aromatic nitrogens is 1. The smallest absolute Gasteiger partial charge is 0.106 e. The van der Waals surface area contributed by atoms with Crippen molar-refractivity contribution in [3.05, 3.63) is 95.2 Å². The van der Waals surface area contributed by atoms with Crippen LogP contribution in [-0.4, -0.2) is 10.1 Å². The Kier molecular flexibility index (Phi) is 5.11. The van der Waals surface area contributed by atoms with Crippen molar-refractivity contribution in [1.82, 2.24) is 4.98 Å². The van der Waals surface area contributed by atoms with Gasteiger partial charge in [-0.05, 0) is 29.7 Å². The summed E-state index contributed by atoms with van der Waals surface area (Å²) in [5.41, 5.74) is 4.10. The van der Waals surface area contributed by atoms with E-state index in [0.717, 1.165) is 27.5 Å². The summed E-state index contributed by atoms with van der Waals surface area (Å²) in [5, 5.41) is 11.5. The molecule has 0 saturated carbocycles. The van der Waals surface area contributed by atoms with Crippen LogP contribution in [0.15, 0.2) is 78.0 Å². The molecular weight excluding hydrogens is 302 g/mol. The van der Waals surface area contributed by atoms with Crippen molar-refractivity contribution >= 4 is 11.8 Å². The Morgan fingerprint density at radius 2 is 1.65 bits per heavy atom. The molecule has 1 aromatic heterocycles. The van der Waals surface area contributed by atoms with Crippen molar-refractivity contribution in [3.63, 3.8) is 0 Å². The molecule has 3 rings (SSSR count). The molecule has 0 radical (unpaired) electrons. The van der Waals surface area contributed by atoms with Crippen molar-refractivity contribution in [3.8, 4) is 0 Å². The molecule has 2 aromatic carbocycles. The summed E-state index contributed by atoms with van der Waals surface area (Å²) in [5.74, 6) is 0.897. The number of nitrogens with zero attached hydrogens (tertiary/aromatic N) is 1. The number of aliphatic hydroxyl groups is 1. The molecule has 3 aromatic rings. The largest absolute Gasteiger partial charge is 0.384 e. The molecule has 0 amide bonds. The molecular formula is C20H19NOS. The number of benzene rings is 2. The topological polar surface area (TPSA) is 33.1 Å². The van der Waals surface area contributed by atoms with E-state index in [4.69, 9.17) is 0 Å². The average Bonchev–Trinajstić information content (AvgIpc) is 2.61. The molecule has 0 aliphatic rings. The maximum absolute atomic E-state index is 10.5. The van der Waals surface area contributed by atoms with E-state index in [2.05, 4.69) is 23.2 Å². The number of aliphatic hydroxyl groups excluding tert-OH is 1. The molecule has 23 heavy (non-hydrogen) atoms. The van der Waals surface area contributed by atoms with Gasteiger partial charge in [0.2, 0.25) is 0 Å². The van der Waals surface area contributed by atoms with E-state index in [9.17, 15) is 5.11 Å². The molecule has 2 nitrogen and oxygen atoms in total. The summed E-state index contributed by atoms with van der Waals surface area (Å²) in [7, 11) is 0. The van der Waals surface area contributed by atoms with Gasteiger partial charge < -0.3 is 5.11 Å². The number of hydrogen-bond donors (Lipinski definition) is 1. The summed E-state index contributed by atoms with van der Waals surface area (Å²) in [4.78, 5) is 4.50. The highest BCUT2D eigenvalue weighted by molar-refractivity contribution is 7.98. The lowest BCUT2D eigenvalue weighted by atomic mass is 10.00. The van der Waals surface area contributed by atoms with E-state index in [1.54, 1.807) is 18.0 Å². The van der Waals surface area contributed by atoms with Crippen LogP contribution in [0.1, 0.15) is 28.4 Å². The first-order valence-corrected chi connectivity index (χ1v) is 8.59. The molecule has 0 bridgehead atoms. The minimum atomic E-state index is -0.628. The second kappa shape index (κ2) is 7.44. The second-order valence-electron chi connectivity index (χ2n) is 5.47. The van der Waals surface area contributed by atoms with Gasteiger partial charge >= 0.3 is 0 Å². The Balaban J connectivity index is 1.73. The summed E-state index contributed by atoms with van der Waals surface area (Å²) in [6.45, 7) is 2.02. The third-order valence-corrected chi connectivity index (χ3v) is 4.76. The van der Waals surface area contributed by atoms with Crippen LogP contribution in [-0.2, 0) is 5.75 Å². The van der Waals surface area contributed by atoms with Crippen LogP contribution in [0.5, 0.6) is 0 Å². The van der Waals surface area contributed by atoms with Gasteiger partial charge in [0.15, 0.2) is 0 Å². The number of aryl methyl sites for hydroxylation is 1. The van der Waals surface area contributed by atoms with E-state index in [1.807, 2.05) is 55.5 Å². The molecule has 1 heterocycles. The maximum Gasteiger partial charge on any atom is 0.106 e. The Labute approximate surface area is 141 Å². The lowest BCUT2D eigenvalue weighted by Crippen LogP contribution is -2.03. The number of pyridine rings is 1. The monoisotopic (exact) mass is 321 g/mol. The van der Waals surface area contributed by atoms with Gasteiger partial charge in [0.25, 0.3) is 0 Å². The highest BCUT2D eigenvalue weighted by atomic mass is 32.2. The fraction of sp³-hybridized carbons (Fsp3) is 0.150. The van der Waals surface area contributed by atoms with Crippen LogP contribution < -0.4 is 0 Å². The first-order valence-electron chi connectivity index (χ1n) is 7.60. The zero-order valence-electron chi connectivity index (χ0n) is 13.0. The average molecular weight is 321 g/mol. The summed E-state index contributed by atoms with van der Waals surface area (Å²) in [6.07, 6.45) is 1.16. The molecule has 0 spiro atoms. The van der Waals surface area contributed by atoms with Gasteiger partial charge in [-0.1, -0.05) is 60.7 Å². The molecule has 0 aliphatic heterocycles. The third kappa shape index (κ3) is 4.01. The van der Waals surface area contributed by atoms with Crippen LogP contribution in [0, 0.1) is 6.92 Å². The number of thioether (sulfide) groups is 1. The molecule has 0 unspecified atom stereocenters. The van der Waals surface area contributed by atoms with Crippen molar-refractivity contribution in [1.29, 1.82) is 0 Å². The van der Waals surface area contributed by atoms with Gasteiger partial charge in [0, 0.05) is 17.5 Å². The predicted molar refractivity (Wildman–Crippen MR) is 95.5 cm³/mol. The first kappa shape index (κ1) is 15.8. The van der Waals surface area contributed by atoms with Gasteiger partial charge in [0.05, 0.1) is 5.03 Å². The standard InChI is InChI=1S/C20H19NOS/c1-15-12-19(23-14-16-8-4-2-5-9-16)21-13-18(15)20(22)17-10-6-3-7-11-17/h2-13,20,22H,14H2,1H3/t20-/m1/s1. The highest BCUT2D eigenvalue weighted by Gasteiger charge is 2.13. The van der Waals surface area contributed by atoms with Gasteiger partial charge in [-0.2, -0.15) is 0 Å². The molecule has 0 aliphatic carbocycles. The second-order valence-corrected chi connectivity index (χ2v) is 6.46. The highest BCUT2D eigenvalue weighted by Crippen LogP contribution is 2.28. The van der Waals surface area contributed by atoms with Crippen LogP contribution in [0.3, 0.4) is 0 Å². The lowest BCUT2D eigenvalue weighted by molar-refractivity contribution is 0.219. The SMILES string of the molecule is Cc1cc(SCc2ccccc2)ncc1[C@H](O)c1ccccc1. The Hall–Kier alpha value is -2.10. The van der Waals surface area contributed by atoms with Crippen LogP contribution in [0.2, 0.25) is 0 Å². The summed E-state index contributed by atoms with van der Waals surface area (Å²) < 4.78 is 0. The molecule has 1 atom stereocenters. The number of rotatable bonds is 5. The van der Waals surface area contributed by atoms with Crippen molar-refractivity contribution in [2.45, 2.75) is 23.8 Å². The minimum absolute atomic E-state index is 0.628. The van der Waals surface area contributed by atoms with E-state index < -0.39 is 6.10 Å². The van der Waals surface area contributed by atoms with Crippen molar-refractivity contribution in [2.24, 2.45) is 0 Å². The quantitative estimate of drug-likeness (QED) is 0.688. The van der Waals surface area contributed by atoms with E-state index in [1.165, 1.54) is 5.56 Å². The molecule has 3 heteroatoms. The maximum atomic E-state index is 10.5. The minimum Gasteiger partial charge on any atom is -0.384 e. The van der Waals surface area contributed by atoms with Gasteiger partial charge in [-0.15, -0.1) is 11.8 Å². The zero-order chi connectivity index (χ0) is 16.1. The fourth-order valence-electron chi connectivity index (χ4n) is 2.45. The Morgan fingerprint density at radius 1 is 1.00 bits per heavy atom. The zero-order valence-corrected chi connectivity index (χ0v) is 13.8. The van der Waals surface area contributed by atoms with E-state index in [0.29, 0.717) is 0 Å². The van der Waals surface area contributed by atoms with Gasteiger partial charge in [0.1, 0.15) is 6.10 Å². The first-order chi connectivity index (χ1) is 11.2. The van der Waals surface area contributed by atoms with Gasteiger partial charge in [-0.25, -0.2) is 4.98 Å². The van der Waals surface area contributed by atoms with Crippen LogP contribution >= 0.6 is 11.8 Å². The van der Waals surface area contributed by atoms with E-state index >= 15 is 0 Å². The Morgan fingerprint density at radius 3 is 2.30 bits per heavy atom. The molecule has 0 saturated heterocycles. The molecule has 116 valence electrons. The van der Waals surface area contributed by atoms with E-state index in [-0.39, 0.29) is 0 Å². The van der Waals surface area contributed by atoms with Crippen molar-refractivity contribution < 1.29 is 5.11 Å². The summed E-state index contributed by atoms with van der Waals surface area (Å²) >= 11 is 1.71. The number of hydrogen-bond acceptors (Lipinski definition) is 3. The Bertz CT molecular complexity index is 759. The lowest BCUT2D eigenvalue weighted by Gasteiger charge is -2.14. The third-order valence-electron chi connectivity index (χ3n) is 3.77. The van der Waals surface area contributed by atoms with Crippen LogP contribution in [0.25, 0.3) is 0 Å². The summed E-state index contributed by atoms with van der Waals surface area (Å²) in [6, 6.07) is 22.1. The normalized spacial score (nSPS) is 12.1. The fourth-order valence-corrected chi connectivity index (χ4v) is 3.35. The van der Waals surface area contributed by atoms with Gasteiger partial charge in [-0.3, -0.25) is 0 Å².